The van der Waals surface area contributed by atoms with Crippen molar-refractivity contribution < 1.29 is 24.2 Å². The number of nitrogens with one attached hydrogen (secondary N) is 1. The molecule has 9 heteroatoms. The summed E-state index contributed by atoms with van der Waals surface area (Å²) >= 11 is 1.47. The number of carboxylic acids is 1. The molecule has 1 aromatic heterocycles. The molecule has 1 atom stereocenters. The van der Waals surface area contributed by atoms with E-state index in [2.05, 4.69) is 36.1 Å². The molecule has 1 unspecified atom stereocenters. The topological polar surface area (TPSA) is 118 Å². The quantitative estimate of drug-likeness (QED) is 0.517. The Balaban J connectivity index is 2.57. The predicted octanol–water partition coefficient (Wildman–Crippen LogP) is 2.01. The van der Waals surface area contributed by atoms with Crippen LogP contribution < -0.4 is 5.32 Å². The summed E-state index contributed by atoms with van der Waals surface area (Å²) in [7, 11) is 0. The Kier molecular flexibility index (Phi) is 7.55. The molecule has 0 saturated heterocycles. The van der Waals surface area contributed by atoms with Gasteiger partial charge in [-0.1, -0.05) is 20.8 Å². The molecule has 0 saturated carbocycles. The molecule has 2 N–H and O–H groups in total. The highest BCUT2D eigenvalue weighted by atomic mass is 32.2. The normalized spacial score (nSPS) is 13.6. The lowest BCUT2D eigenvalue weighted by Crippen LogP contribution is -2.45. The number of aromatic carboxylic acids is 1. The second kappa shape index (κ2) is 8.98. The van der Waals surface area contributed by atoms with Crippen molar-refractivity contribution in [3.05, 3.63) is 23.8 Å². The summed E-state index contributed by atoms with van der Waals surface area (Å²) < 4.78 is 4.40. The third-order valence-corrected chi connectivity index (χ3v) is 4.74. The van der Waals surface area contributed by atoms with E-state index >= 15 is 0 Å². The van der Waals surface area contributed by atoms with Crippen molar-refractivity contribution in [1.29, 1.82) is 0 Å². The van der Waals surface area contributed by atoms with Gasteiger partial charge in [0.2, 0.25) is 5.91 Å². The third-order valence-electron chi connectivity index (χ3n) is 3.51. The molecular weight excluding hydrogens is 358 g/mol. The number of carbonyl (C=O) groups is 3. The molecule has 0 bridgehead atoms. The number of carboxylic acid groups (broad SMARTS) is 1. The zero-order chi connectivity index (χ0) is 20.0. The highest BCUT2D eigenvalue weighted by molar-refractivity contribution is 8.00. The summed E-state index contributed by atoms with van der Waals surface area (Å²) in [5.74, 6) is -2.40. The molecule has 0 fully saturated rings. The Bertz CT molecular complexity index is 675. The first-order valence-corrected chi connectivity index (χ1v) is 9.27. The second-order valence-electron chi connectivity index (χ2n) is 7.12. The van der Waals surface area contributed by atoms with E-state index in [1.54, 1.807) is 0 Å². The van der Waals surface area contributed by atoms with Crippen LogP contribution in [0.15, 0.2) is 12.4 Å². The van der Waals surface area contributed by atoms with Crippen molar-refractivity contribution in [2.75, 3.05) is 19.4 Å². The van der Waals surface area contributed by atoms with Gasteiger partial charge in [0.05, 0.1) is 11.3 Å². The number of hydrogen-bond donors (Lipinski definition) is 2. The van der Waals surface area contributed by atoms with E-state index in [1.807, 2.05) is 13.2 Å². The van der Waals surface area contributed by atoms with Gasteiger partial charge < -0.3 is 15.2 Å². The maximum absolute atomic E-state index is 12.5. The Morgan fingerprint density at radius 3 is 2.23 bits per heavy atom. The maximum Gasteiger partial charge on any atom is 0.359 e. The van der Waals surface area contributed by atoms with Crippen LogP contribution in [0.4, 0.5) is 0 Å². The molecule has 26 heavy (non-hydrogen) atoms. The molecule has 1 heterocycles. The third kappa shape index (κ3) is 6.29. The van der Waals surface area contributed by atoms with Gasteiger partial charge in [0.1, 0.15) is 6.61 Å². The summed E-state index contributed by atoms with van der Waals surface area (Å²) in [5.41, 5.74) is -0.851. The van der Waals surface area contributed by atoms with E-state index in [1.165, 1.54) is 24.2 Å². The van der Waals surface area contributed by atoms with Crippen LogP contribution in [0.1, 0.15) is 55.1 Å². The van der Waals surface area contributed by atoms with E-state index in [0.717, 1.165) is 0 Å². The minimum Gasteiger partial charge on any atom is -0.476 e. The predicted molar refractivity (Wildman–Crippen MR) is 98.3 cm³/mol. The smallest absolute Gasteiger partial charge is 0.359 e. The number of ether oxygens (including phenoxy) is 1. The molecule has 0 aromatic carbocycles. The number of rotatable bonds is 8. The fraction of sp³-hybridized carbons (Fsp3) is 0.588. The average Bonchev–Trinajstić information content (AvgIpc) is 2.56. The molecular formula is C17H25N3O5S. The molecule has 0 aliphatic carbocycles. The SMILES string of the molecule is CSC(C)(CC(C)(C)C)C(=O)NCCOC(=O)c1nccnc1C(=O)O. The van der Waals surface area contributed by atoms with Crippen molar-refractivity contribution in [3.63, 3.8) is 0 Å². The van der Waals surface area contributed by atoms with Crippen LogP contribution in [-0.2, 0) is 9.53 Å². The van der Waals surface area contributed by atoms with Crippen LogP contribution in [-0.4, -0.2) is 57.1 Å². The fourth-order valence-electron chi connectivity index (χ4n) is 2.46. The van der Waals surface area contributed by atoms with Gasteiger partial charge in [0.15, 0.2) is 11.4 Å². The fourth-order valence-corrected chi connectivity index (χ4v) is 3.30. The molecule has 144 valence electrons. The van der Waals surface area contributed by atoms with Gasteiger partial charge in [-0.25, -0.2) is 19.6 Å². The largest absolute Gasteiger partial charge is 0.476 e. The average molecular weight is 383 g/mol. The van der Waals surface area contributed by atoms with Crippen LogP contribution in [0.25, 0.3) is 0 Å². The Hall–Kier alpha value is -2.16. The van der Waals surface area contributed by atoms with Crippen molar-refractivity contribution >= 4 is 29.6 Å². The summed E-state index contributed by atoms with van der Waals surface area (Å²) in [6.07, 6.45) is 4.96. The van der Waals surface area contributed by atoms with Gasteiger partial charge in [0.25, 0.3) is 0 Å². The zero-order valence-corrected chi connectivity index (χ0v) is 16.5. The molecule has 0 radical (unpaired) electrons. The summed E-state index contributed by atoms with van der Waals surface area (Å²) in [5, 5.41) is 11.8. The second-order valence-corrected chi connectivity index (χ2v) is 8.43. The number of aromatic nitrogens is 2. The van der Waals surface area contributed by atoms with E-state index in [-0.39, 0.29) is 30.2 Å². The van der Waals surface area contributed by atoms with Gasteiger partial charge in [0, 0.05) is 12.4 Å². The van der Waals surface area contributed by atoms with Crippen molar-refractivity contribution in [1.82, 2.24) is 15.3 Å². The number of hydrogen-bond acceptors (Lipinski definition) is 7. The van der Waals surface area contributed by atoms with Gasteiger partial charge in [-0.05, 0) is 25.0 Å². The van der Waals surface area contributed by atoms with E-state index < -0.39 is 22.4 Å². The van der Waals surface area contributed by atoms with Crippen LogP contribution in [0.5, 0.6) is 0 Å². The van der Waals surface area contributed by atoms with E-state index in [4.69, 9.17) is 9.84 Å². The number of esters is 1. The molecule has 1 aromatic rings. The number of carbonyl (C=O) groups excluding carboxylic acids is 2. The molecule has 1 amide bonds. The standard InChI is InChI=1S/C17H25N3O5S/c1-16(2,3)10-17(4,26-5)15(24)20-8-9-25-14(23)12-11(13(21)22)18-6-7-19-12/h6-7H,8-10H2,1-5H3,(H,20,24)(H,21,22). The van der Waals surface area contributed by atoms with E-state index in [9.17, 15) is 14.4 Å². The van der Waals surface area contributed by atoms with Crippen LogP contribution in [0.3, 0.4) is 0 Å². The molecule has 0 spiro atoms. The van der Waals surface area contributed by atoms with Gasteiger partial charge in [-0.15, -0.1) is 11.8 Å². The van der Waals surface area contributed by atoms with Gasteiger partial charge >= 0.3 is 11.9 Å². The van der Waals surface area contributed by atoms with Crippen LogP contribution in [0, 0.1) is 5.41 Å². The minimum absolute atomic E-state index is 0.0131. The van der Waals surface area contributed by atoms with Gasteiger partial charge in [-0.2, -0.15) is 0 Å². The molecule has 0 aliphatic heterocycles. The van der Waals surface area contributed by atoms with Crippen molar-refractivity contribution in [3.8, 4) is 0 Å². The van der Waals surface area contributed by atoms with Crippen LogP contribution >= 0.6 is 11.8 Å². The lowest BCUT2D eigenvalue weighted by molar-refractivity contribution is -0.124. The van der Waals surface area contributed by atoms with E-state index in [0.29, 0.717) is 6.42 Å². The van der Waals surface area contributed by atoms with Crippen LogP contribution in [0.2, 0.25) is 0 Å². The highest BCUT2D eigenvalue weighted by Gasteiger charge is 2.36. The number of amides is 1. The summed E-state index contributed by atoms with van der Waals surface area (Å²) in [4.78, 5) is 42.7. The monoisotopic (exact) mass is 383 g/mol. The first-order valence-electron chi connectivity index (χ1n) is 8.05. The van der Waals surface area contributed by atoms with Crippen molar-refractivity contribution in [2.24, 2.45) is 5.41 Å². The molecule has 1 rings (SSSR count). The molecule has 8 nitrogen and oxygen atoms in total. The first-order chi connectivity index (χ1) is 12.0. The highest BCUT2D eigenvalue weighted by Crippen LogP contribution is 2.35. The van der Waals surface area contributed by atoms with Crippen molar-refractivity contribution in [2.45, 2.75) is 38.9 Å². The number of thioether (sulfide) groups is 1. The lowest BCUT2D eigenvalue weighted by atomic mass is 9.84. The van der Waals surface area contributed by atoms with Gasteiger partial charge in [-0.3, -0.25) is 4.79 Å². The lowest BCUT2D eigenvalue weighted by Gasteiger charge is -2.33. The zero-order valence-electron chi connectivity index (χ0n) is 15.7. The molecule has 0 aliphatic rings. The first kappa shape index (κ1) is 21.9. The maximum atomic E-state index is 12.5. The minimum atomic E-state index is -1.36. The Labute approximate surface area is 157 Å². The summed E-state index contributed by atoms with van der Waals surface area (Å²) in [6, 6.07) is 0. The Morgan fingerprint density at radius 2 is 1.73 bits per heavy atom. The number of nitrogens with zero attached hydrogens (tertiary/aromatic N) is 2. The summed E-state index contributed by atoms with van der Waals surface area (Å²) in [6.45, 7) is 8.10. The Morgan fingerprint density at radius 1 is 1.15 bits per heavy atom.